The average Bonchev–Trinajstić information content (AvgIpc) is 2.43. The minimum Gasteiger partial charge on any atom is -0.478 e. The highest BCUT2D eigenvalue weighted by atomic mass is 79.9. The number of aromatic carboxylic acids is 1. The number of carbonyl (C=O) groups is 2. The Morgan fingerprint density at radius 2 is 1.90 bits per heavy atom. The molecule has 0 heterocycles. The molecule has 2 N–H and O–H groups in total. The van der Waals surface area contributed by atoms with Gasteiger partial charge in [0.15, 0.2) is 0 Å². The highest BCUT2D eigenvalue weighted by Gasteiger charge is 2.12. The number of rotatable bonds is 3. The van der Waals surface area contributed by atoms with E-state index in [1.165, 1.54) is 12.1 Å². The van der Waals surface area contributed by atoms with Crippen LogP contribution >= 0.6 is 27.5 Å². The van der Waals surface area contributed by atoms with Gasteiger partial charge in [-0.05, 0) is 42.8 Å². The smallest absolute Gasteiger partial charge is 0.337 e. The molecule has 6 heteroatoms. The van der Waals surface area contributed by atoms with Crippen molar-refractivity contribution in [2.45, 2.75) is 6.92 Å². The first kappa shape index (κ1) is 15.5. The van der Waals surface area contributed by atoms with Crippen LogP contribution in [-0.4, -0.2) is 17.0 Å². The van der Waals surface area contributed by atoms with Crippen molar-refractivity contribution >= 4 is 45.1 Å². The summed E-state index contributed by atoms with van der Waals surface area (Å²) in [7, 11) is 0. The Balaban J connectivity index is 2.25. The zero-order chi connectivity index (χ0) is 15.6. The lowest BCUT2D eigenvalue weighted by Crippen LogP contribution is -2.12. The maximum Gasteiger partial charge on any atom is 0.337 e. The van der Waals surface area contributed by atoms with Gasteiger partial charge < -0.3 is 10.4 Å². The Morgan fingerprint density at radius 3 is 2.52 bits per heavy atom. The molecule has 0 saturated heterocycles. The van der Waals surface area contributed by atoms with Crippen LogP contribution in [0.2, 0.25) is 5.02 Å². The van der Waals surface area contributed by atoms with Crippen LogP contribution in [0, 0.1) is 6.92 Å². The number of hydrogen-bond donors (Lipinski definition) is 2. The summed E-state index contributed by atoms with van der Waals surface area (Å²) in [6.45, 7) is 1.92. The second kappa shape index (κ2) is 6.28. The summed E-state index contributed by atoms with van der Waals surface area (Å²) in [5.74, 6) is -1.47. The van der Waals surface area contributed by atoms with Crippen molar-refractivity contribution in [3.8, 4) is 0 Å². The molecule has 0 unspecified atom stereocenters. The molecule has 0 atom stereocenters. The number of halogens is 2. The van der Waals surface area contributed by atoms with E-state index in [0.717, 1.165) is 10.0 Å². The van der Waals surface area contributed by atoms with Crippen LogP contribution in [0.1, 0.15) is 26.3 Å². The second-order valence-corrected chi connectivity index (χ2v) is 5.68. The van der Waals surface area contributed by atoms with E-state index in [-0.39, 0.29) is 16.5 Å². The van der Waals surface area contributed by atoms with E-state index in [2.05, 4.69) is 21.2 Å². The monoisotopic (exact) mass is 367 g/mol. The van der Waals surface area contributed by atoms with E-state index in [1.807, 2.05) is 13.0 Å². The highest BCUT2D eigenvalue weighted by Crippen LogP contribution is 2.22. The minimum atomic E-state index is -1.14. The number of anilines is 1. The molecule has 0 radical (unpaired) electrons. The van der Waals surface area contributed by atoms with Gasteiger partial charge in [0.1, 0.15) is 0 Å². The molecule has 0 spiro atoms. The Kier molecular flexibility index (Phi) is 4.65. The number of benzene rings is 2. The molecule has 21 heavy (non-hydrogen) atoms. The molecule has 4 nitrogen and oxygen atoms in total. The van der Waals surface area contributed by atoms with E-state index in [1.54, 1.807) is 18.2 Å². The zero-order valence-corrected chi connectivity index (χ0v) is 13.3. The van der Waals surface area contributed by atoms with Crippen molar-refractivity contribution in [3.05, 3.63) is 62.6 Å². The van der Waals surface area contributed by atoms with Crippen molar-refractivity contribution in [1.82, 2.24) is 0 Å². The number of carbonyl (C=O) groups excluding carboxylic acids is 1. The van der Waals surface area contributed by atoms with Gasteiger partial charge in [0.05, 0.1) is 10.6 Å². The predicted molar refractivity (Wildman–Crippen MR) is 85.2 cm³/mol. The summed E-state index contributed by atoms with van der Waals surface area (Å²) in [6, 6.07) is 9.54. The molecule has 2 aromatic carbocycles. The van der Waals surface area contributed by atoms with Gasteiger partial charge in [0.25, 0.3) is 5.91 Å². The molecule has 1 amide bonds. The summed E-state index contributed by atoms with van der Waals surface area (Å²) in [5.41, 5.74) is 1.81. The maximum atomic E-state index is 12.1. The maximum absolute atomic E-state index is 12.1. The average molecular weight is 369 g/mol. The summed E-state index contributed by atoms with van der Waals surface area (Å²) < 4.78 is 0.831. The Bertz CT molecular complexity index is 731. The van der Waals surface area contributed by atoms with Crippen LogP contribution in [0.25, 0.3) is 0 Å². The molecule has 108 valence electrons. The third-order valence-electron chi connectivity index (χ3n) is 2.89. The summed E-state index contributed by atoms with van der Waals surface area (Å²) in [5, 5.41) is 11.8. The molecule has 0 aliphatic rings. The Labute approximate surface area is 134 Å². The molecule has 0 fully saturated rings. The van der Waals surface area contributed by atoms with Crippen LogP contribution in [0.15, 0.2) is 40.9 Å². The fourth-order valence-corrected chi connectivity index (χ4v) is 2.28. The molecule has 0 aliphatic heterocycles. The highest BCUT2D eigenvalue weighted by molar-refractivity contribution is 9.10. The third kappa shape index (κ3) is 3.62. The lowest BCUT2D eigenvalue weighted by Gasteiger charge is -2.08. The largest absolute Gasteiger partial charge is 0.478 e. The van der Waals surface area contributed by atoms with Gasteiger partial charge in [0, 0.05) is 15.7 Å². The molecule has 0 saturated carbocycles. The van der Waals surface area contributed by atoms with Crippen LogP contribution in [0.5, 0.6) is 0 Å². The number of aryl methyl sites for hydroxylation is 1. The summed E-state index contributed by atoms with van der Waals surface area (Å²) in [6.07, 6.45) is 0. The van der Waals surface area contributed by atoms with Gasteiger partial charge in [-0.3, -0.25) is 4.79 Å². The first-order chi connectivity index (χ1) is 9.88. The molecule has 0 bridgehead atoms. The third-order valence-corrected chi connectivity index (χ3v) is 4.07. The van der Waals surface area contributed by atoms with Gasteiger partial charge in [-0.15, -0.1) is 0 Å². The number of hydrogen-bond acceptors (Lipinski definition) is 2. The van der Waals surface area contributed by atoms with Gasteiger partial charge in [-0.2, -0.15) is 0 Å². The number of carboxylic acid groups (broad SMARTS) is 1. The van der Waals surface area contributed by atoms with Crippen molar-refractivity contribution in [1.29, 1.82) is 0 Å². The lowest BCUT2D eigenvalue weighted by atomic mass is 10.1. The summed E-state index contributed by atoms with van der Waals surface area (Å²) >= 11 is 9.15. The number of nitrogens with one attached hydrogen (secondary N) is 1. The van der Waals surface area contributed by atoms with Crippen LogP contribution in [0.3, 0.4) is 0 Å². The lowest BCUT2D eigenvalue weighted by molar-refractivity contribution is 0.0696. The first-order valence-corrected chi connectivity index (χ1v) is 7.16. The fraction of sp³-hybridized carbons (Fsp3) is 0.0667. The minimum absolute atomic E-state index is 0.0560. The van der Waals surface area contributed by atoms with E-state index < -0.39 is 5.97 Å². The number of carboxylic acids is 1. The summed E-state index contributed by atoms with van der Waals surface area (Å²) in [4.78, 5) is 23.1. The first-order valence-electron chi connectivity index (χ1n) is 5.99. The van der Waals surface area contributed by atoms with Gasteiger partial charge in [-0.25, -0.2) is 4.79 Å². The molecule has 2 rings (SSSR count). The normalized spacial score (nSPS) is 10.2. The van der Waals surface area contributed by atoms with Gasteiger partial charge >= 0.3 is 5.97 Å². The quantitative estimate of drug-likeness (QED) is 0.846. The Hall–Kier alpha value is -1.85. The van der Waals surface area contributed by atoms with Crippen LogP contribution in [-0.2, 0) is 0 Å². The molecular formula is C15H11BrClNO3. The molecule has 0 aliphatic carbocycles. The van der Waals surface area contributed by atoms with Crippen molar-refractivity contribution in [2.75, 3.05) is 5.32 Å². The molecule has 0 aromatic heterocycles. The fourth-order valence-electron chi connectivity index (χ4n) is 1.70. The van der Waals surface area contributed by atoms with Crippen molar-refractivity contribution in [2.24, 2.45) is 0 Å². The van der Waals surface area contributed by atoms with Gasteiger partial charge in [-0.1, -0.05) is 33.6 Å². The van der Waals surface area contributed by atoms with E-state index in [9.17, 15) is 9.59 Å². The Morgan fingerprint density at radius 1 is 1.19 bits per heavy atom. The van der Waals surface area contributed by atoms with Crippen LogP contribution in [0.4, 0.5) is 5.69 Å². The SMILES string of the molecule is Cc1ccc(C(=O)Nc2ccc(Cl)c(C(=O)O)c2)cc1Br. The number of amides is 1. The van der Waals surface area contributed by atoms with Gasteiger partial charge in [0.2, 0.25) is 0 Å². The molecular weight excluding hydrogens is 358 g/mol. The standard InChI is InChI=1S/C15H11BrClNO3/c1-8-2-3-9(6-12(8)16)14(19)18-10-4-5-13(17)11(7-10)15(20)21/h2-7H,1H3,(H,18,19)(H,20,21). The topological polar surface area (TPSA) is 66.4 Å². The van der Waals surface area contributed by atoms with Crippen LogP contribution < -0.4 is 5.32 Å². The van der Waals surface area contributed by atoms with Crippen molar-refractivity contribution in [3.63, 3.8) is 0 Å². The van der Waals surface area contributed by atoms with E-state index in [4.69, 9.17) is 16.7 Å². The predicted octanol–water partition coefficient (Wildman–Crippen LogP) is 4.36. The van der Waals surface area contributed by atoms with E-state index >= 15 is 0 Å². The zero-order valence-electron chi connectivity index (χ0n) is 11.0. The van der Waals surface area contributed by atoms with E-state index in [0.29, 0.717) is 11.3 Å². The molecule has 2 aromatic rings. The second-order valence-electron chi connectivity index (χ2n) is 4.42. The van der Waals surface area contributed by atoms with Crippen molar-refractivity contribution < 1.29 is 14.7 Å².